The summed E-state index contributed by atoms with van der Waals surface area (Å²) in [5.41, 5.74) is 0.861. The third kappa shape index (κ3) is 1.82. The molecule has 0 spiro atoms. The third-order valence-corrected chi connectivity index (χ3v) is 2.89. The largest absolute Gasteiger partial charge is 0.481 e. The molecule has 1 saturated heterocycles. The van der Waals surface area contributed by atoms with Crippen molar-refractivity contribution in [3.8, 4) is 0 Å². The van der Waals surface area contributed by atoms with E-state index in [1.54, 1.807) is 6.20 Å². The Bertz CT molecular complexity index is 386. The summed E-state index contributed by atoms with van der Waals surface area (Å²) in [6.45, 7) is 4.54. The summed E-state index contributed by atoms with van der Waals surface area (Å²) in [5, 5.41) is 13.3. The van der Waals surface area contributed by atoms with Crippen LogP contribution in [0.3, 0.4) is 0 Å². The summed E-state index contributed by atoms with van der Waals surface area (Å²) < 4.78 is 7.35. The summed E-state index contributed by atoms with van der Waals surface area (Å²) in [4.78, 5) is 11.1. The molecule has 16 heavy (non-hydrogen) atoms. The zero-order chi connectivity index (χ0) is 11.7. The maximum Gasteiger partial charge on any atom is 0.309 e. The van der Waals surface area contributed by atoms with Gasteiger partial charge in [0.15, 0.2) is 0 Å². The lowest BCUT2D eigenvalue weighted by Crippen LogP contribution is -2.21. The van der Waals surface area contributed by atoms with Crippen LogP contribution in [0.4, 0.5) is 0 Å². The zero-order valence-corrected chi connectivity index (χ0v) is 9.46. The number of rotatable bonds is 3. The molecule has 5 heteroatoms. The molecule has 1 aliphatic heterocycles. The van der Waals surface area contributed by atoms with E-state index in [0.717, 1.165) is 5.69 Å². The average molecular weight is 224 g/mol. The van der Waals surface area contributed by atoms with Gasteiger partial charge in [-0.3, -0.25) is 9.48 Å². The normalized spacial score (nSPS) is 25.2. The second kappa shape index (κ2) is 4.25. The van der Waals surface area contributed by atoms with Crippen molar-refractivity contribution in [2.75, 3.05) is 6.61 Å². The standard InChI is InChI=1S/C11H16N2O3/c1-7(2)13-9(3-5-12-13)10-8(11(14)15)4-6-16-10/h3,5,7-8,10H,4,6H2,1-2H3,(H,14,15)/t8-,10+/m0/s1. The Morgan fingerprint density at radius 2 is 2.44 bits per heavy atom. The SMILES string of the molecule is CC(C)n1nccc1[C@@H]1OCC[C@@H]1C(=O)O. The van der Waals surface area contributed by atoms with E-state index in [0.29, 0.717) is 13.0 Å². The quantitative estimate of drug-likeness (QED) is 0.847. The van der Waals surface area contributed by atoms with E-state index in [-0.39, 0.29) is 12.1 Å². The van der Waals surface area contributed by atoms with E-state index in [1.165, 1.54) is 0 Å². The van der Waals surface area contributed by atoms with E-state index in [9.17, 15) is 4.79 Å². The lowest BCUT2D eigenvalue weighted by atomic mass is 9.99. The highest BCUT2D eigenvalue weighted by Gasteiger charge is 2.37. The van der Waals surface area contributed by atoms with Crippen LogP contribution in [-0.2, 0) is 9.53 Å². The van der Waals surface area contributed by atoms with Crippen LogP contribution >= 0.6 is 0 Å². The van der Waals surface area contributed by atoms with Crippen LogP contribution in [0.25, 0.3) is 0 Å². The van der Waals surface area contributed by atoms with Gasteiger partial charge in [0.25, 0.3) is 0 Å². The highest BCUT2D eigenvalue weighted by molar-refractivity contribution is 5.71. The van der Waals surface area contributed by atoms with Gasteiger partial charge in [0.05, 0.1) is 11.6 Å². The van der Waals surface area contributed by atoms with E-state index in [4.69, 9.17) is 9.84 Å². The molecule has 1 fully saturated rings. The van der Waals surface area contributed by atoms with Crippen molar-refractivity contribution < 1.29 is 14.6 Å². The highest BCUT2D eigenvalue weighted by atomic mass is 16.5. The molecule has 88 valence electrons. The van der Waals surface area contributed by atoms with Gasteiger partial charge in [0.1, 0.15) is 6.10 Å². The highest BCUT2D eigenvalue weighted by Crippen LogP contribution is 2.35. The second-order valence-electron chi connectivity index (χ2n) is 4.32. The van der Waals surface area contributed by atoms with Crippen molar-refractivity contribution in [1.29, 1.82) is 0 Å². The maximum absolute atomic E-state index is 11.1. The number of carboxylic acids is 1. The molecule has 0 radical (unpaired) electrons. The van der Waals surface area contributed by atoms with Gasteiger partial charge < -0.3 is 9.84 Å². The molecular formula is C11H16N2O3. The van der Waals surface area contributed by atoms with Crippen molar-refractivity contribution >= 4 is 5.97 Å². The summed E-state index contributed by atoms with van der Waals surface area (Å²) >= 11 is 0. The molecular weight excluding hydrogens is 208 g/mol. The first-order valence-corrected chi connectivity index (χ1v) is 5.49. The third-order valence-electron chi connectivity index (χ3n) is 2.89. The molecule has 2 rings (SSSR count). The average Bonchev–Trinajstić information content (AvgIpc) is 2.85. The molecule has 2 atom stereocenters. The fourth-order valence-corrected chi connectivity index (χ4v) is 2.12. The minimum absolute atomic E-state index is 0.212. The van der Waals surface area contributed by atoms with Crippen molar-refractivity contribution in [3.63, 3.8) is 0 Å². The van der Waals surface area contributed by atoms with Crippen LogP contribution in [0.5, 0.6) is 0 Å². The number of aliphatic carboxylic acids is 1. The van der Waals surface area contributed by atoms with E-state index >= 15 is 0 Å². The molecule has 1 aromatic rings. The summed E-state index contributed by atoms with van der Waals surface area (Å²) in [6, 6.07) is 2.05. The number of carbonyl (C=O) groups is 1. The molecule has 0 unspecified atom stereocenters. The Morgan fingerprint density at radius 3 is 3.06 bits per heavy atom. The maximum atomic E-state index is 11.1. The van der Waals surface area contributed by atoms with Gasteiger partial charge in [-0.15, -0.1) is 0 Å². The smallest absolute Gasteiger partial charge is 0.309 e. The van der Waals surface area contributed by atoms with Gasteiger partial charge >= 0.3 is 5.97 Å². The van der Waals surface area contributed by atoms with Crippen LogP contribution in [0.2, 0.25) is 0 Å². The molecule has 0 amide bonds. The number of nitrogens with zero attached hydrogens (tertiary/aromatic N) is 2. The first-order chi connectivity index (χ1) is 7.61. The fraction of sp³-hybridized carbons (Fsp3) is 0.636. The van der Waals surface area contributed by atoms with Crippen LogP contribution in [-0.4, -0.2) is 27.5 Å². The van der Waals surface area contributed by atoms with Gasteiger partial charge in [0, 0.05) is 18.8 Å². The van der Waals surface area contributed by atoms with Gasteiger partial charge in [-0.25, -0.2) is 0 Å². The summed E-state index contributed by atoms with van der Waals surface area (Å²) in [6.07, 6.45) is 1.90. The van der Waals surface area contributed by atoms with E-state index in [1.807, 2.05) is 24.6 Å². The molecule has 5 nitrogen and oxygen atoms in total. The van der Waals surface area contributed by atoms with Gasteiger partial charge in [-0.1, -0.05) is 0 Å². The van der Waals surface area contributed by atoms with Crippen LogP contribution in [0, 0.1) is 5.92 Å². The minimum Gasteiger partial charge on any atom is -0.481 e. The zero-order valence-electron chi connectivity index (χ0n) is 9.46. The summed E-state index contributed by atoms with van der Waals surface area (Å²) in [7, 11) is 0. The van der Waals surface area contributed by atoms with Crippen LogP contribution in [0.15, 0.2) is 12.3 Å². The monoisotopic (exact) mass is 224 g/mol. The molecule has 1 aromatic heterocycles. The van der Waals surface area contributed by atoms with Gasteiger partial charge in [0.2, 0.25) is 0 Å². The molecule has 0 saturated carbocycles. The number of hydrogen-bond acceptors (Lipinski definition) is 3. The van der Waals surface area contributed by atoms with Crippen molar-refractivity contribution in [2.24, 2.45) is 5.92 Å². The van der Waals surface area contributed by atoms with Crippen LogP contribution in [0.1, 0.15) is 38.1 Å². The molecule has 2 heterocycles. The van der Waals surface area contributed by atoms with Gasteiger partial charge in [-0.05, 0) is 26.3 Å². The fourth-order valence-electron chi connectivity index (χ4n) is 2.12. The molecule has 0 bridgehead atoms. The molecule has 1 aliphatic rings. The Kier molecular flexibility index (Phi) is 2.96. The Hall–Kier alpha value is -1.36. The number of hydrogen-bond donors (Lipinski definition) is 1. The van der Waals surface area contributed by atoms with Crippen molar-refractivity contribution in [3.05, 3.63) is 18.0 Å². The molecule has 0 aromatic carbocycles. The number of ether oxygens (including phenoxy) is 1. The predicted octanol–water partition coefficient (Wildman–Crippen LogP) is 1.63. The number of aromatic nitrogens is 2. The first kappa shape index (κ1) is 11.1. The number of carboxylic acid groups (broad SMARTS) is 1. The topological polar surface area (TPSA) is 64.4 Å². The molecule has 1 N–H and O–H groups in total. The lowest BCUT2D eigenvalue weighted by Gasteiger charge is -2.18. The summed E-state index contributed by atoms with van der Waals surface area (Å²) in [5.74, 6) is -1.24. The Morgan fingerprint density at radius 1 is 1.69 bits per heavy atom. The van der Waals surface area contributed by atoms with Gasteiger partial charge in [-0.2, -0.15) is 5.10 Å². The molecule has 0 aliphatic carbocycles. The predicted molar refractivity (Wildman–Crippen MR) is 57.0 cm³/mol. The lowest BCUT2D eigenvalue weighted by molar-refractivity contribution is -0.143. The van der Waals surface area contributed by atoms with E-state index in [2.05, 4.69) is 5.10 Å². The Balaban J connectivity index is 2.29. The minimum atomic E-state index is -0.793. The Labute approximate surface area is 94.0 Å². The van der Waals surface area contributed by atoms with E-state index < -0.39 is 11.9 Å². The second-order valence-corrected chi connectivity index (χ2v) is 4.32. The van der Waals surface area contributed by atoms with Crippen molar-refractivity contribution in [2.45, 2.75) is 32.4 Å². The first-order valence-electron chi connectivity index (χ1n) is 5.49. The van der Waals surface area contributed by atoms with Crippen molar-refractivity contribution in [1.82, 2.24) is 9.78 Å². The van der Waals surface area contributed by atoms with Crippen LogP contribution < -0.4 is 0 Å².